The van der Waals surface area contributed by atoms with Gasteiger partial charge in [0.1, 0.15) is 5.82 Å². The predicted octanol–water partition coefficient (Wildman–Crippen LogP) is 3.34. The lowest BCUT2D eigenvalue weighted by molar-refractivity contribution is 0.0755. The molecule has 188 valence electrons. The molecule has 2 aliphatic rings. The maximum atomic E-state index is 13.2. The first-order valence-corrected chi connectivity index (χ1v) is 14.0. The van der Waals surface area contributed by atoms with Gasteiger partial charge in [0.05, 0.1) is 46.4 Å². The molecule has 0 aliphatic carbocycles. The van der Waals surface area contributed by atoms with Crippen molar-refractivity contribution in [1.29, 1.82) is 0 Å². The quantitative estimate of drug-likeness (QED) is 0.517. The van der Waals surface area contributed by atoms with Gasteiger partial charge in [-0.05, 0) is 62.2 Å². The largest absolute Gasteiger partial charge is 0.381 e. The molecule has 8 nitrogen and oxygen atoms in total. The Morgan fingerprint density at radius 2 is 1.97 bits per heavy atom. The van der Waals surface area contributed by atoms with Gasteiger partial charge < -0.3 is 24.7 Å². The lowest BCUT2D eigenvalue weighted by atomic mass is 9.90. The molecule has 0 radical (unpaired) electrons. The normalized spacial score (nSPS) is 21.3. The smallest absolute Gasteiger partial charge is 0.130 e. The van der Waals surface area contributed by atoms with Crippen LogP contribution in [0.4, 0.5) is 5.82 Å². The minimum absolute atomic E-state index is 0.265. The zero-order chi connectivity index (χ0) is 24.4. The number of hydrogen-bond acceptors (Lipinski definition) is 7. The minimum Gasteiger partial charge on any atom is -0.381 e. The average molecular weight is 498 g/mol. The van der Waals surface area contributed by atoms with Crippen molar-refractivity contribution in [3.63, 3.8) is 0 Å². The molecule has 1 unspecified atom stereocenters. The summed E-state index contributed by atoms with van der Waals surface area (Å²) < 4.78 is 24.2. The number of hydrogen-bond donors (Lipinski definition) is 2. The standard InChI is InChI=1S/C26H35N5O3S/c1-4-20-17-34-12-9-31(20)25-14-18(26(35(3)32)7-10-33-11-8-26)13-23(30-25)22-6-5-21-24(29-22)15-19(28-21)16-27-2/h5-6,13-15,20,27-28H,4,7-12,16-17H2,1-3H3/t20-,35?/m0/s1. The Kier molecular flexibility index (Phi) is 7.20. The van der Waals surface area contributed by atoms with E-state index >= 15 is 0 Å². The van der Waals surface area contributed by atoms with Gasteiger partial charge in [0.2, 0.25) is 0 Å². The highest BCUT2D eigenvalue weighted by Crippen LogP contribution is 2.40. The number of rotatable bonds is 7. The number of aromatic amines is 1. The number of nitrogens with one attached hydrogen (secondary N) is 2. The van der Waals surface area contributed by atoms with Crippen LogP contribution in [0.15, 0.2) is 30.3 Å². The van der Waals surface area contributed by atoms with Crippen LogP contribution in [0.3, 0.4) is 0 Å². The van der Waals surface area contributed by atoms with E-state index in [4.69, 9.17) is 19.4 Å². The Morgan fingerprint density at radius 3 is 2.71 bits per heavy atom. The summed E-state index contributed by atoms with van der Waals surface area (Å²) >= 11 is 0. The van der Waals surface area contributed by atoms with Crippen molar-refractivity contribution in [3.05, 3.63) is 41.6 Å². The molecule has 2 N–H and O–H groups in total. The van der Waals surface area contributed by atoms with Crippen LogP contribution >= 0.6 is 0 Å². The van der Waals surface area contributed by atoms with Crippen molar-refractivity contribution in [1.82, 2.24) is 20.3 Å². The summed E-state index contributed by atoms with van der Waals surface area (Å²) in [6.45, 7) is 6.33. The number of anilines is 1. The highest BCUT2D eigenvalue weighted by Gasteiger charge is 2.39. The number of ether oxygens (including phenoxy) is 2. The van der Waals surface area contributed by atoms with Crippen molar-refractivity contribution in [2.45, 2.75) is 43.5 Å². The number of pyridine rings is 2. The van der Waals surface area contributed by atoms with E-state index < -0.39 is 15.5 Å². The van der Waals surface area contributed by atoms with Crippen LogP contribution < -0.4 is 10.2 Å². The third-order valence-corrected chi connectivity index (χ3v) is 9.09. The molecule has 0 bridgehead atoms. The monoisotopic (exact) mass is 497 g/mol. The molecule has 0 spiro atoms. The summed E-state index contributed by atoms with van der Waals surface area (Å²) in [5.74, 6) is 0.913. The zero-order valence-corrected chi connectivity index (χ0v) is 21.6. The van der Waals surface area contributed by atoms with E-state index in [-0.39, 0.29) is 6.04 Å². The average Bonchev–Trinajstić information content (AvgIpc) is 3.30. The summed E-state index contributed by atoms with van der Waals surface area (Å²) in [5.41, 5.74) is 5.71. The first kappa shape index (κ1) is 24.4. The van der Waals surface area contributed by atoms with E-state index in [9.17, 15) is 4.21 Å². The highest BCUT2D eigenvalue weighted by atomic mass is 32.2. The minimum atomic E-state index is -1.05. The fourth-order valence-electron chi connectivity index (χ4n) is 5.29. The second-order valence-corrected chi connectivity index (χ2v) is 11.1. The molecule has 3 aromatic rings. The van der Waals surface area contributed by atoms with Gasteiger partial charge in [-0.2, -0.15) is 0 Å². The molecule has 9 heteroatoms. The van der Waals surface area contributed by atoms with Crippen molar-refractivity contribution in [3.8, 4) is 11.4 Å². The molecule has 3 aromatic heterocycles. The zero-order valence-electron chi connectivity index (χ0n) is 20.8. The van der Waals surface area contributed by atoms with E-state index in [1.54, 1.807) is 0 Å². The van der Waals surface area contributed by atoms with E-state index in [1.165, 1.54) is 0 Å². The Labute approximate surface area is 209 Å². The fraction of sp³-hybridized carbons (Fsp3) is 0.538. The molecule has 2 aliphatic heterocycles. The van der Waals surface area contributed by atoms with Crippen LogP contribution in [-0.2, 0) is 31.6 Å². The summed E-state index contributed by atoms with van der Waals surface area (Å²) in [7, 11) is 0.876. The van der Waals surface area contributed by atoms with E-state index in [2.05, 4.69) is 46.4 Å². The number of H-pyrrole nitrogens is 1. The first-order chi connectivity index (χ1) is 17.0. The van der Waals surface area contributed by atoms with Gasteiger partial charge in [0.15, 0.2) is 0 Å². The van der Waals surface area contributed by atoms with Crippen LogP contribution in [0, 0.1) is 0 Å². The van der Waals surface area contributed by atoms with Crippen LogP contribution in [0.1, 0.15) is 37.4 Å². The van der Waals surface area contributed by atoms with Crippen LogP contribution in [0.5, 0.6) is 0 Å². The number of fused-ring (bicyclic) bond motifs is 1. The maximum Gasteiger partial charge on any atom is 0.130 e. The predicted molar refractivity (Wildman–Crippen MR) is 140 cm³/mol. The topological polar surface area (TPSA) is 92.4 Å². The van der Waals surface area contributed by atoms with Gasteiger partial charge in [-0.1, -0.05) is 6.92 Å². The lowest BCUT2D eigenvalue weighted by Gasteiger charge is -2.39. The number of nitrogens with zero attached hydrogens (tertiary/aromatic N) is 3. The molecule has 2 saturated heterocycles. The third kappa shape index (κ3) is 4.74. The Morgan fingerprint density at radius 1 is 1.14 bits per heavy atom. The van der Waals surface area contributed by atoms with Gasteiger partial charge in [-0.25, -0.2) is 9.97 Å². The van der Waals surface area contributed by atoms with Gasteiger partial charge in [-0.3, -0.25) is 4.21 Å². The molecular formula is C26H35N5O3S. The molecule has 2 fully saturated rings. The summed E-state index contributed by atoms with van der Waals surface area (Å²) in [4.78, 5) is 15.8. The number of aromatic nitrogens is 3. The highest BCUT2D eigenvalue weighted by molar-refractivity contribution is 7.85. The summed E-state index contributed by atoms with van der Waals surface area (Å²) in [6.07, 6.45) is 4.26. The Balaban J connectivity index is 1.64. The molecule has 5 heterocycles. The Hall–Kier alpha value is -2.33. The lowest BCUT2D eigenvalue weighted by Crippen LogP contribution is -2.46. The molecule has 35 heavy (non-hydrogen) atoms. The molecule has 0 saturated carbocycles. The van der Waals surface area contributed by atoms with Crippen molar-refractivity contribution >= 4 is 27.7 Å². The maximum absolute atomic E-state index is 13.2. The van der Waals surface area contributed by atoms with E-state index in [1.807, 2.05) is 19.4 Å². The second kappa shape index (κ2) is 10.3. The van der Waals surface area contributed by atoms with Gasteiger partial charge in [0.25, 0.3) is 0 Å². The van der Waals surface area contributed by atoms with Gasteiger partial charge >= 0.3 is 0 Å². The van der Waals surface area contributed by atoms with Crippen LogP contribution in [0.25, 0.3) is 22.4 Å². The van der Waals surface area contributed by atoms with E-state index in [0.717, 1.165) is 71.8 Å². The van der Waals surface area contributed by atoms with Gasteiger partial charge in [0, 0.05) is 49.1 Å². The summed E-state index contributed by atoms with van der Waals surface area (Å²) in [5, 5.41) is 3.18. The Bertz CT molecular complexity index is 1210. The third-order valence-electron chi connectivity index (χ3n) is 7.34. The van der Waals surface area contributed by atoms with E-state index in [0.29, 0.717) is 26.4 Å². The first-order valence-electron chi connectivity index (χ1n) is 12.5. The van der Waals surface area contributed by atoms with Crippen LogP contribution in [-0.4, -0.2) is 71.5 Å². The van der Waals surface area contributed by atoms with Crippen molar-refractivity contribution in [2.75, 3.05) is 51.2 Å². The SMILES string of the molecule is CC[C@H]1COCCN1c1cc(C2(S(C)=O)CCOCC2)cc(-c2ccc3[nH]c(CNC)cc3n2)n1. The van der Waals surface area contributed by atoms with Crippen LogP contribution in [0.2, 0.25) is 0 Å². The summed E-state index contributed by atoms with van der Waals surface area (Å²) in [6, 6.07) is 10.7. The molecule has 5 rings (SSSR count). The number of morpholine rings is 1. The fourth-order valence-corrected chi connectivity index (χ4v) is 6.48. The molecule has 0 amide bonds. The molecule has 0 aromatic carbocycles. The van der Waals surface area contributed by atoms with Gasteiger partial charge in [-0.15, -0.1) is 0 Å². The van der Waals surface area contributed by atoms with Crippen molar-refractivity contribution in [2.24, 2.45) is 0 Å². The molecular weight excluding hydrogens is 462 g/mol. The molecule has 2 atom stereocenters. The van der Waals surface area contributed by atoms with Crippen molar-refractivity contribution < 1.29 is 13.7 Å². The second-order valence-electron chi connectivity index (χ2n) is 9.44.